The lowest BCUT2D eigenvalue weighted by Crippen LogP contribution is -2.53. The summed E-state index contributed by atoms with van der Waals surface area (Å²) in [6.45, 7) is 4.88. The largest absolute Gasteiger partial charge is 0.343 e. The lowest BCUT2D eigenvalue weighted by Gasteiger charge is -2.36. The fourth-order valence-electron chi connectivity index (χ4n) is 4.53. The number of hydrogen-bond acceptors (Lipinski definition) is 4. The van der Waals surface area contributed by atoms with E-state index in [0.29, 0.717) is 0 Å². The Bertz CT molecular complexity index is 844. The summed E-state index contributed by atoms with van der Waals surface area (Å²) in [7, 11) is 0. The molecule has 2 aliphatic rings. The molecule has 0 aliphatic carbocycles. The molecule has 3 heterocycles. The Morgan fingerprint density at radius 2 is 1.80 bits per heavy atom. The Balaban J connectivity index is 1.45. The molecule has 30 heavy (non-hydrogen) atoms. The number of amides is 2. The minimum Gasteiger partial charge on any atom is -0.343 e. The first-order valence-electron chi connectivity index (χ1n) is 11.0. The van der Waals surface area contributed by atoms with Crippen LogP contribution in [-0.2, 0) is 9.59 Å². The Hall–Kier alpha value is -2.18. The zero-order chi connectivity index (χ0) is 20.9. The van der Waals surface area contributed by atoms with Crippen LogP contribution in [-0.4, -0.2) is 53.8 Å². The van der Waals surface area contributed by atoms with Crippen molar-refractivity contribution in [3.8, 4) is 0 Å². The summed E-state index contributed by atoms with van der Waals surface area (Å²) < 4.78 is 0. The Morgan fingerprint density at radius 3 is 2.50 bits per heavy atom. The molecule has 0 radical (unpaired) electrons. The van der Waals surface area contributed by atoms with E-state index in [1.165, 1.54) is 5.56 Å². The van der Waals surface area contributed by atoms with E-state index in [4.69, 9.17) is 0 Å². The summed E-state index contributed by atoms with van der Waals surface area (Å²) in [5.74, 6) is 0.198. The molecule has 1 N–H and O–H groups in total. The van der Waals surface area contributed by atoms with E-state index < -0.39 is 0 Å². The molecule has 0 saturated carbocycles. The first-order chi connectivity index (χ1) is 14.6. The highest BCUT2D eigenvalue weighted by molar-refractivity contribution is 7.10. The SMILES string of the molecule is Cc1ccc(C(NC(=O)CN2CCCCC2C(=O)N2CCCC2)c2cccs2)cc1. The van der Waals surface area contributed by atoms with Gasteiger partial charge in [-0.25, -0.2) is 0 Å². The van der Waals surface area contributed by atoms with E-state index in [1.807, 2.05) is 16.3 Å². The quantitative estimate of drug-likeness (QED) is 0.767. The van der Waals surface area contributed by atoms with Gasteiger partial charge in [-0.1, -0.05) is 42.3 Å². The third-order valence-corrected chi connectivity index (χ3v) is 7.14. The van der Waals surface area contributed by atoms with Gasteiger partial charge in [-0.05, 0) is 56.2 Å². The molecule has 1 aromatic carbocycles. The Kier molecular flexibility index (Phi) is 6.85. The maximum Gasteiger partial charge on any atom is 0.239 e. The van der Waals surface area contributed by atoms with Crippen LogP contribution in [0.25, 0.3) is 0 Å². The number of nitrogens with zero attached hydrogens (tertiary/aromatic N) is 2. The molecule has 2 aliphatic heterocycles. The molecule has 160 valence electrons. The van der Waals surface area contributed by atoms with Crippen molar-refractivity contribution in [1.82, 2.24) is 15.1 Å². The van der Waals surface area contributed by atoms with E-state index in [1.54, 1.807) is 11.3 Å². The van der Waals surface area contributed by atoms with Gasteiger partial charge in [0.1, 0.15) is 0 Å². The van der Waals surface area contributed by atoms with Gasteiger partial charge in [0, 0.05) is 18.0 Å². The van der Waals surface area contributed by atoms with Crippen LogP contribution in [0.5, 0.6) is 0 Å². The molecule has 2 saturated heterocycles. The Labute approximate surface area is 183 Å². The smallest absolute Gasteiger partial charge is 0.239 e. The Morgan fingerprint density at radius 1 is 1.07 bits per heavy atom. The third-order valence-electron chi connectivity index (χ3n) is 6.21. The molecular formula is C24H31N3O2S. The van der Waals surface area contributed by atoms with Crippen LogP contribution < -0.4 is 5.32 Å². The van der Waals surface area contributed by atoms with E-state index in [9.17, 15) is 9.59 Å². The van der Waals surface area contributed by atoms with Crippen LogP contribution in [0.3, 0.4) is 0 Å². The van der Waals surface area contributed by atoms with Crippen LogP contribution >= 0.6 is 11.3 Å². The number of carbonyl (C=O) groups is 2. The molecule has 2 unspecified atom stereocenters. The number of aryl methyl sites for hydroxylation is 1. The summed E-state index contributed by atoms with van der Waals surface area (Å²) in [6.07, 6.45) is 5.15. The molecule has 0 bridgehead atoms. The van der Waals surface area contributed by atoms with Crippen molar-refractivity contribution in [2.45, 2.75) is 51.1 Å². The minimum atomic E-state index is -0.157. The number of rotatable bonds is 6. The third kappa shape index (κ3) is 4.93. The van der Waals surface area contributed by atoms with Gasteiger partial charge < -0.3 is 10.2 Å². The highest BCUT2D eigenvalue weighted by Gasteiger charge is 2.34. The van der Waals surface area contributed by atoms with Crippen molar-refractivity contribution < 1.29 is 9.59 Å². The molecule has 2 fully saturated rings. The molecule has 0 spiro atoms. The van der Waals surface area contributed by atoms with Crippen molar-refractivity contribution >= 4 is 23.2 Å². The zero-order valence-corrected chi connectivity index (χ0v) is 18.5. The van der Waals surface area contributed by atoms with E-state index in [0.717, 1.165) is 62.2 Å². The monoisotopic (exact) mass is 425 g/mol. The zero-order valence-electron chi connectivity index (χ0n) is 17.7. The molecule has 4 rings (SSSR count). The standard InChI is InChI=1S/C24H31N3O2S/c1-18-9-11-19(12-10-18)23(21-8-6-16-30-21)25-22(28)17-27-15-3-2-7-20(27)24(29)26-13-4-5-14-26/h6,8-12,16,20,23H,2-5,7,13-15,17H2,1H3,(H,25,28). The molecule has 6 heteroatoms. The highest BCUT2D eigenvalue weighted by atomic mass is 32.1. The summed E-state index contributed by atoms with van der Waals surface area (Å²) in [5, 5.41) is 5.28. The predicted octanol–water partition coefficient (Wildman–Crippen LogP) is 3.74. The molecule has 2 atom stereocenters. The van der Waals surface area contributed by atoms with Crippen LogP contribution in [0.15, 0.2) is 41.8 Å². The van der Waals surface area contributed by atoms with Crippen molar-refractivity contribution in [1.29, 1.82) is 0 Å². The van der Waals surface area contributed by atoms with Crippen LogP contribution in [0, 0.1) is 6.92 Å². The summed E-state index contributed by atoms with van der Waals surface area (Å²) in [5.41, 5.74) is 2.28. The molecule has 2 aromatic rings. The number of thiophene rings is 1. The van der Waals surface area contributed by atoms with Crippen LogP contribution in [0.1, 0.15) is 54.1 Å². The number of nitrogens with one attached hydrogen (secondary N) is 1. The van der Waals surface area contributed by atoms with Gasteiger partial charge in [0.05, 0.1) is 18.6 Å². The second-order valence-electron chi connectivity index (χ2n) is 8.44. The number of piperidine rings is 1. The normalized spacial score (nSPS) is 20.8. The van der Waals surface area contributed by atoms with Crippen molar-refractivity contribution in [2.75, 3.05) is 26.2 Å². The van der Waals surface area contributed by atoms with Gasteiger partial charge in [-0.2, -0.15) is 0 Å². The van der Waals surface area contributed by atoms with Crippen LogP contribution in [0.4, 0.5) is 0 Å². The number of likely N-dealkylation sites (tertiary alicyclic amines) is 2. The van der Waals surface area contributed by atoms with Gasteiger partial charge in [-0.3, -0.25) is 14.5 Å². The van der Waals surface area contributed by atoms with Gasteiger partial charge in [0.25, 0.3) is 0 Å². The first kappa shape index (κ1) is 21.1. The van der Waals surface area contributed by atoms with Gasteiger partial charge in [0.2, 0.25) is 11.8 Å². The second kappa shape index (κ2) is 9.75. The van der Waals surface area contributed by atoms with Crippen molar-refractivity contribution in [3.05, 3.63) is 57.8 Å². The van der Waals surface area contributed by atoms with Gasteiger partial charge >= 0.3 is 0 Å². The maximum absolute atomic E-state index is 13.1. The average molecular weight is 426 g/mol. The lowest BCUT2D eigenvalue weighted by molar-refractivity contribution is -0.138. The van der Waals surface area contributed by atoms with Gasteiger partial charge in [0.15, 0.2) is 0 Å². The molecule has 1 aromatic heterocycles. The lowest BCUT2D eigenvalue weighted by atomic mass is 10.0. The molecule has 2 amide bonds. The van der Waals surface area contributed by atoms with Crippen molar-refractivity contribution in [2.24, 2.45) is 0 Å². The van der Waals surface area contributed by atoms with E-state index >= 15 is 0 Å². The minimum absolute atomic E-state index is 0.0184. The topological polar surface area (TPSA) is 52.7 Å². The van der Waals surface area contributed by atoms with E-state index in [-0.39, 0.29) is 30.4 Å². The van der Waals surface area contributed by atoms with Crippen LogP contribution in [0.2, 0.25) is 0 Å². The fourth-order valence-corrected chi connectivity index (χ4v) is 5.33. The summed E-state index contributed by atoms with van der Waals surface area (Å²) in [6, 6.07) is 12.1. The highest BCUT2D eigenvalue weighted by Crippen LogP contribution is 2.27. The van der Waals surface area contributed by atoms with Gasteiger partial charge in [-0.15, -0.1) is 11.3 Å². The van der Waals surface area contributed by atoms with Crippen molar-refractivity contribution in [3.63, 3.8) is 0 Å². The van der Waals surface area contributed by atoms with E-state index in [2.05, 4.69) is 47.5 Å². The number of benzene rings is 1. The number of hydrogen-bond donors (Lipinski definition) is 1. The molecular weight excluding hydrogens is 394 g/mol. The maximum atomic E-state index is 13.1. The average Bonchev–Trinajstić information content (AvgIpc) is 3.47. The molecule has 5 nitrogen and oxygen atoms in total. The first-order valence-corrected chi connectivity index (χ1v) is 11.9. The second-order valence-corrected chi connectivity index (χ2v) is 9.42. The summed E-state index contributed by atoms with van der Waals surface area (Å²) in [4.78, 5) is 31.3. The predicted molar refractivity (Wildman–Crippen MR) is 121 cm³/mol. The fraction of sp³-hybridized carbons (Fsp3) is 0.500. The summed E-state index contributed by atoms with van der Waals surface area (Å²) >= 11 is 1.65. The number of carbonyl (C=O) groups excluding carboxylic acids is 2.